The Morgan fingerprint density at radius 3 is 2.19 bits per heavy atom. The van der Waals surface area contributed by atoms with Gasteiger partial charge >= 0.3 is 5.97 Å². The van der Waals surface area contributed by atoms with Crippen molar-refractivity contribution in [1.29, 1.82) is 0 Å². The summed E-state index contributed by atoms with van der Waals surface area (Å²) in [4.78, 5) is 45.1. The predicted molar refractivity (Wildman–Crippen MR) is 136 cm³/mol. The molecule has 2 atom stereocenters. The molecule has 0 bridgehead atoms. The summed E-state index contributed by atoms with van der Waals surface area (Å²) in [5.41, 5.74) is 3.87. The predicted octanol–water partition coefficient (Wildman–Crippen LogP) is 3.51. The van der Waals surface area contributed by atoms with Crippen molar-refractivity contribution >= 4 is 64.3 Å². The van der Waals surface area contributed by atoms with Gasteiger partial charge in [-0.15, -0.1) is 11.8 Å². The molecule has 2 heterocycles. The molecular formula is C24H21Cl3N2O6S. The molecule has 2 aromatic carbocycles. The van der Waals surface area contributed by atoms with E-state index in [0.29, 0.717) is 5.57 Å². The summed E-state index contributed by atoms with van der Waals surface area (Å²) >= 11 is 18.0. The Morgan fingerprint density at radius 2 is 1.67 bits per heavy atom. The van der Waals surface area contributed by atoms with Gasteiger partial charge in [0.05, 0.1) is 6.61 Å². The van der Waals surface area contributed by atoms with E-state index < -0.39 is 52.2 Å². The maximum atomic E-state index is 13.5. The second-order valence-corrected chi connectivity index (χ2v) is 11.6. The highest BCUT2D eigenvalue weighted by Gasteiger charge is 2.57. The first-order chi connectivity index (χ1) is 17.2. The van der Waals surface area contributed by atoms with Crippen LogP contribution in [-0.4, -0.2) is 55.9 Å². The maximum Gasteiger partial charge on any atom is 0.356 e. The molecule has 2 aliphatic rings. The van der Waals surface area contributed by atoms with E-state index in [0.717, 1.165) is 11.1 Å². The highest BCUT2D eigenvalue weighted by atomic mass is 35.6. The molecule has 1 saturated heterocycles. The van der Waals surface area contributed by atoms with Crippen LogP contribution in [0.15, 0.2) is 71.9 Å². The van der Waals surface area contributed by atoms with Crippen LogP contribution in [0.2, 0.25) is 0 Å². The average Bonchev–Trinajstić information content (AvgIpc) is 2.86. The van der Waals surface area contributed by atoms with Crippen molar-refractivity contribution in [3.63, 3.8) is 0 Å². The van der Waals surface area contributed by atoms with E-state index >= 15 is 0 Å². The van der Waals surface area contributed by atoms with Gasteiger partial charge in [0.1, 0.15) is 23.6 Å². The minimum atomic E-state index is -1.74. The van der Waals surface area contributed by atoms with Crippen LogP contribution in [0.25, 0.3) is 0 Å². The number of ether oxygens (including phenoxy) is 1. The molecule has 1 fully saturated rings. The largest absolute Gasteiger partial charge is 0.448 e. The number of carbonyl (C=O) groups excluding carboxylic acids is 3. The van der Waals surface area contributed by atoms with Gasteiger partial charge in [-0.25, -0.2) is 10.3 Å². The molecule has 2 unspecified atom stereocenters. The Hall–Kier alpha value is -2.27. The van der Waals surface area contributed by atoms with E-state index in [9.17, 15) is 19.5 Å². The molecule has 2 amide bonds. The van der Waals surface area contributed by atoms with Crippen molar-refractivity contribution < 1.29 is 29.1 Å². The zero-order chi connectivity index (χ0) is 25.9. The molecule has 4 rings (SSSR count). The van der Waals surface area contributed by atoms with Gasteiger partial charge in [-0.05, 0) is 16.7 Å². The van der Waals surface area contributed by atoms with Crippen molar-refractivity contribution in [2.45, 2.75) is 15.3 Å². The first-order valence-corrected chi connectivity index (χ1v) is 13.0. The number of rotatable bonds is 8. The fourth-order valence-corrected chi connectivity index (χ4v) is 5.46. The number of amides is 2. The van der Waals surface area contributed by atoms with Crippen LogP contribution in [0.3, 0.4) is 0 Å². The first kappa shape index (κ1) is 26.8. The molecule has 190 valence electrons. The lowest BCUT2D eigenvalue weighted by molar-refractivity contribution is -0.163. The summed E-state index contributed by atoms with van der Waals surface area (Å²) in [6.07, 6.45) is -0.744. The normalized spacial score (nSPS) is 19.6. The SMILES string of the molecule is O=C(OC(c1ccccc1)c1ccccc1)C1=C(CO)CSC2C(C(=O)NOCC(Cl)(Cl)Cl)C(=O)N12. The first-order valence-electron chi connectivity index (χ1n) is 10.8. The zero-order valence-corrected chi connectivity index (χ0v) is 21.7. The summed E-state index contributed by atoms with van der Waals surface area (Å²) in [6.45, 7) is -0.864. The number of benzene rings is 2. The number of alkyl halides is 3. The van der Waals surface area contributed by atoms with Gasteiger partial charge in [-0.2, -0.15) is 0 Å². The number of hydroxylamine groups is 1. The molecule has 2 N–H and O–H groups in total. The van der Waals surface area contributed by atoms with Gasteiger partial charge in [0, 0.05) is 5.75 Å². The smallest absolute Gasteiger partial charge is 0.356 e. The Bertz CT molecular complexity index is 1120. The molecule has 0 radical (unpaired) electrons. The average molecular weight is 572 g/mol. The number of nitrogens with one attached hydrogen (secondary N) is 1. The lowest BCUT2D eigenvalue weighted by Gasteiger charge is -2.48. The van der Waals surface area contributed by atoms with Crippen LogP contribution in [0.1, 0.15) is 17.2 Å². The third kappa shape index (κ3) is 5.82. The maximum absolute atomic E-state index is 13.5. The summed E-state index contributed by atoms with van der Waals surface area (Å²) in [6, 6.07) is 18.4. The number of aliphatic hydroxyl groups excluding tert-OH is 1. The van der Waals surface area contributed by atoms with Gasteiger partial charge in [-0.1, -0.05) is 95.5 Å². The number of fused-ring (bicyclic) bond motifs is 1. The topological polar surface area (TPSA) is 105 Å². The highest BCUT2D eigenvalue weighted by Crippen LogP contribution is 2.44. The van der Waals surface area contributed by atoms with Crippen LogP contribution in [0.5, 0.6) is 0 Å². The molecule has 0 saturated carbocycles. The van der Waals surface area contributed by atoms with Crippen molar-refractivity contribution in [1.82, 2.24) is 10.4 Å². The number of halogens is 3. The molecule has 8 nitrogen and oxygen atoms in total. The lowest BCUT2D eigenvalue weighted by Crippen LogP contribution is -2.65. The minimum absolute atomic E-state index is 0.0608. The van der Waals surface area contributed by atoms with E-state index in [1.807, 2.05) is 60.7 Å². The summed E-state index contributed by atoms with van der Waals surface area (Å²) in [5, 5.41) is 9.22. The van der Waals surface area contributed by atoms with Crippen LogP contribution in [-0.2, 0) is 24.0 Å². The Labute approximate surface area is 226 Å². The second kappa shape index (κ2) is 11.4. The van der Waals surface area contributed by atoms with Crippen LogP contribution >= 0.6 is 46.6 Å². The van der Waals surface area contributed by atoms with Crippen molar-refractivity contribution in [3.8, 4) is 0 Å². The Morgan fingerprint density at radius 1 is 1.08 bits per heavy atom. The van der Waals surface area contributed by atoms with Crippen molar-refractivity contribution in [2.75, 3.05) is 19.0 Å². The van der Waals surface area contributed by atoms with Crippen LogP contribution in [0, 0.1) is 5.92 Å². The second-order valence-electron chi connectivity index (χ2n) is 7.97. The molecule has 2 aromatic rings. The molecule has 0 aliphatic carbocycles. The number of β-lactam (4-membered cyclic amide) rings is 1. The summed E-state index contributed by atoms with van der Waals surface area (Å²) in [7, 11) is 0. The number of hydrogen-bond donors (Lipinski definition) is 2. The van der Waals surface area contributed by atoms with Gasteiger partial charge < -0.3 is 9.84 Å². The third-order valence-corrected chi connectivity index (χ3v) is 7.22. The molecule has 2 aliphatic heterocycles. The van der Waals surface area contributed by atoms with Gasteiger partial charge in [0.25, 0.3) is 5.91 Å². The van der Waals surface area contributed by atoms with E-state index in [4.69, 9.17) is 44.4 Å². The Kier molecular flexibility index (Phi) is 8.49. The van der Waals surface area contributed by atoms with E-state index in [1.165, 1.54) is 16.7 Å². The minimum Gasteiger partial charge on any atom is -0.448 e. The fraction of sp³-hybridized carbons (Fsp3) is 0.292. The number of nitrogens with zero attached hydrogens (tertiary/aromatic N) is 1. The van der Waals surface area contributed by atoms with Crippen molar-refractivity contribution in [2.24, 2.45) is 5.92 Å². The lowest BCUT2D eigenvalue weighted by atomic mass is 9.94. The molecule has 36 heavy (non-hydrogen) atoms. The molecule has 12 heteroatoms. The number of thioether (sulfide) groups is 1. The van der Waals surface area contributed by atoms with Crippen molar-refractivity contribution in [3.05, 3.63) is 83.1 Å². The van der Waals surface area contributed by atoms with E-state index in [2.05, 4.69) is 5.48 Å². The van der Waals surface area contributed by atoms with Crippen LogP contribution in [0.4, 0.5) is 0 Å². The summed E-state index contributed by atoms with van der Waals surface area (Å²) < 4.78 is 4.17. The van der Waals surface area contributed by atoms with Gasteiger partial charge in [-0.3, -0.25) is 19.3 Å². The van der Waals surface area contributed by atoms with Crippen LogP contribution < -0.4 is 5.48 Å². The zero-order valence-electron chi connectivity index (χ0n) is 18.6. The Balaban J connectivity index is 1.54. The molecule has 0 aromatic heterocycles. The molecule has 0 spiro atoms. The molecular weight excluding hydrogens is 551 g/mol. The quantitative estimate of drug-likeness (QED) is 0.164. The fourth-order valence-electron chi connectivity index (χ4n) is 3.90. The number of aliphatic hydroxyl groups is 1. The van der Waals surface area contributed by atoms with E-state index in [1.54, 1.807) is 0 Å². The van der Waals surface area contributed by atoms with Gasteiger partial charge in [0.15, 0.2) is 6.10 Å². The highest BCUT2D eigenvalue weighted by molar-refractivity contribution is 8.00. The number of hydrogen-bond acceptors (Lipinski definition) is 7. The van der Waals surface area contributed by atoms with E-state index in [-0.39, 0.29) is 11.4 Å². The monoisotopic (exact) mass is 570 g/mol. The number of carbonyl (C=O) groups is 3. The standard InChI is InChI=1S/C24H21Cl3N2O6S/c25-24(26,27)13-34-28-20(31)17-21(32)29-18(16(11-30)12-36-22(17)29)23(33)35-19(14-7-3-1-4-8-14)15-9-5-2-6-10-15/h1-10,17,19,22,30H,11-13H2,(H,28,31). The van der Waals surface area contributed by atoms with Gasteiger partial charge in [0.2, 0.25) is 9.70 Å². The summed E-state index contributed by atoms with van der Waals surface area (Å²) in [5.74, 6) is -3.02. The third-order valence-electron chi connectivity index (χ3n) is 5.55. The number of esters is 1.